The van der Waals surface area contributed by atoms with Crippen molar-refractivity contribution in [3.63, 3.8) is 0 Å². The molecule has 6 heteroatoms. The standard InChI is InChI=1S/C8H14N4OS/c1-8(2,3)5-4(6(13)12-10)14-7(9)11-5/h10H2,1-3H3,(H2,9,11)(H,12,13). The largest absolute Gasteiger partial charge is 0.375 e. The first kappa shape index (κ1) is 10.9. The summed E-state index contributed by atoms with van der Waals surface area (Å²) in [6, 6.07) is 0. The summed E-state index contributed by atoms with van der Waals surface area (Å²) in [7, 11) is 0. The summed E-state index contributed by atoms with van der Waals surface area (Å²) in [4.78, 5) is 16.0. The van der Waals surface area contributed by atoms with Gasteiger partial charge in [0.05, 0.1) is 5.69 Å². The molecule has 0 aromatic carbocycles. The van der Waals surface area contributed by atoms with Crippen molar-refractivity contribution >= 4 is 22.4 Å². The molecular formula is C8H14N4OS. The van der Waals surface area contributed by atoms with E-state index < -0.39 is 0 Å². The third-order valence-corrected chi connectivity index (χ3v) is 2.57. The van der Waals surface area contributed by atoms with Gasteiger partial charge in [-0.15, -0.1) is 0 Å². The zero-order valence-electron chi connectivity index (χ0n) is 8.42. The van der Waals surface area contributed by atoms with Gasteiger partial charge in [-0.05, 0) is 0 Å². The Balaban J connectivity index is 3.23. The Labute approximate surface area is 86.5 Å². The van der Waals surface area contributed by atoms with Crippen molar-refractivity contribution in [1.29, 1.82) is 0 Å². The van der Waals surface area contributed by atoms with Crippen LogP contribution in [0.25, 0.3) is 0 Å². The van der Waals surface area contributed by atoms with Crippen molar-refractivity contribution in [1.82, 2.24) is 10.4 Å². The zero-order valence-corrected chi connectivity index (χ0v) is 9.23. The molecule has 0 saturated carbocycles. The molecule has 78 valence electrons. The molecule has 1 amide bonds. The van der Waals surface area contributed by atoms with E-state index in [-0.39, 0.29) is 11.3 Å². The molecule has 5 nitrogen and oxygen atoms in total. The number of hydrogen-bond acceptors (Lipinski definition) is 5. The minimum atomic E-state index is -0.343. The molecule has 1 rings (SSSR count). The van der Waals surface area contributed by atoms with Gasteiger partial charge in [0, 0.05) is 5.41 Å². The molecule has 5 N–H and O–H groups in total. The molecule has 0 aliphatic heterocycles. The average Bonchev–Trinajstić information content (AvgIpc) is 2.45. The fourth-order valence-corrected chi connectivity index (χ4v) is 2.01. The van der Waals surface area contributed by atoms with Gasteiger partial charge in [-0.2, -0.15) is 0 Å². The highest BCUT2D eigenvalue weighted by atomic mass is 32.1. The van der Waals surface area contributed by atoms with Gasteiger partial charge in [0.25, 0.3) is 5.91 Å². The molecule has 0 aliphatic rings. The van der Waals surface area contributed by atoms with Gasteiger partial charge < -0.3 is 5.73 Å². The number of rotatable bonds is 1. The lowest BCUT2D eigenvalue weighted by Gasteiger charge is -2.16. The number of aromatic nitrogens is 1. The smallest absolute Gasteiger partial charge is 0.277 e. The third kappa shape index (κ3) is 2.02. The number of nitrogens with two attached hydrogens (primary N) is 2. The van der Waals surface area contributed by atoms with Gasteiger partial charge in [0.1, 0.15) is 4.88 Å². The SMILES string of the molecule is CC(C)(C)c1nc(N)sc1C(=O)NN. The van der Waals surface area contributed by atoms with Crippen LogP contribution in [0.2, 0.25) is 0 Å². The third-order valence-electron chi connectivity index (χ3n) is 1.69. The van der Waals surface area contributed by atoms with E-state index in [0.29, 0.717) is 15.7 Å². The predicted octanol–water partition coefficient (Wildman–Crippen LogP) is 0.626. The van der Waals surface area contributed by atoms with E-state index in [9.17, 15) is 4.79 Å². The summed E-state index contributed by atoms with van der Waals surface area (Å²) in [6.45, 7) is 5.90. The van der Waals surface area contributed by atoms with E-state index >= 15 is 0 Å². The number of amides is 1. The van der Waals surface area contributed by atoms with Gasteiger partial charge in [-0.3, -0.25) is 10.2 Å². The highest BCUT2D eigenvalue weighted by Gasteiger charge is 2.26. The molecule has 14 heavy (non-hydrogen) atoms. The number of anilines is 1. The average molecular weight is 214 g/mol. The van der Waals surface area contributed by atoms with Crippen molar-refractivity contribution in [2.45, 2.75) is 26.2 Å². The van der Waals surface area contributed by atoms with Gasteiger partial charge in [0.2, 0.25) is 0 Å². The molecule has 1 aromatic heterocycles. The van der Waals surface area contributed by atoms with E-state index in [4.69, 9.17) is 11.6 Å². The topological polar surface area (TPSA) is 94.0 Å². The number of nitrogen functional groups attached to an aromatic ring is 2. The summed E-state index contributed by atoms with van der Waals surface area (Å²) in [5, 5.41) is 0.383. The Hall–Kier alpha value is -1.14. The first-order chi connectivity index (χ1) is 6.36. The number of carbonyl (C=O) groups excluding carboxylic acids is 1. The van der Waals surface area contributed by atoms with Gasteiger partial charge >= 0.3 is 0 Å². The van der Waals surface area contributed by atoms with Crippen LogP contribution in [0.15, 0.2) is 0 Å². The van der Waals surface area contributed by atoms with E-state index in [0.717, 1.165) is 11.3 Å². The highest BCUT2D eigenvalue weighted by molar-refractivity contribution is 7.17. The molecule has 1 aromatic rings. The normalized spacial score (nSPS) is 11.4. The molecule has 0 aliphatic carbocycles. The summed E-state index contributed by atoms with van der Waals surface area (Å²) in [5.74, 6) is 4.72. The Morgan fingerprint density at radius 1 is 1.50 bits per heavy atom. The van der Waals surface area contributed by atoms with Crippen LogP contribution in [-0.2, 0) is 5.41 Å². The van der Waals surface area contributed by atoms with E-state index in [1.54, 1.807) is 0 Å². The second kappa shape index (κ2) is 3.55. The molecule has 0 atom stereocenters. The molecule has 0 fully saturated rings. The minimum Gasteiger partial charge on any atom is -0.375 e. The number of hydrogen-bond donors (Lipinski definition) is 3. The number of carbonyl (C=O) groups is 1. The predicted molar refractivity (Wildman–Crippen MR) is 56.9 cm³/mol. The molecular weight excluding hydrogens is 200 g/mol. The first-order valence-corrected chi connectivity index (χ1v) is 4.95. The van der Waals surface area contributed by atoms with Crippen molar-refractivity contribution < 1.29 is 4.79 Å². The maximum Gasteiger partial charge on any atom is 0.277 e. The lowest BCUT2D eigenvalue weighted by molar-refractivity contribution is 0.0955. The van der Waals surface area contributed by atoms with Gasteiger partial charge in [-0.1, -0.05) is 32.1 Å². The quantitative estimate of drug-likeness (QED) is 0.363. The van der Waals surface area contributed by atoms with Crippen molar-refractivity contribution in [3.8, 4) is 0 Å². The van der Waals surface area contributed by atoms with Crippen LogP contribution in [0.5, 0.6) is 0 Å². The molecule has 0 bridgehead atoms. The number of thiazole rings is 1. The Kier molecular flexibility index (Phi) is 2.77. The Bertz CT molecular complexity index is 353. The number of nitrogens with zero attached hydrogens (tertiary/aromatic N) is 1. The summed E-state index contributed by atoms with van der Waals surface area (Å²) in [6.07, 6.45) is 0. The van der Waals surface area contributed by atoms with Crippen LogP contribution in [0, 0.1) is 0 Å². The number of nitrogens with one attached hydrogen (secondary N) is 1. The number of hydrazine groups is 1. The Morgan fingerprint density at radius 3 is 2.50 bits per heavy atom. The summed E-state index contributed by atoms with van der Waals surface area (Å²) < 4.78 is 0. The molecule has 1 heterocycles. The summed E-state index contributed by atoms with van der Waals surface area (Å²) in [5.41, 5.74) is 8.11. The van der Waals surface area contributed by atoms with Crippen LogP contribution >= 0.6 is 11.3 Å². The van der Waals surface area contributed by atoms with Crippen LogP contribution in [0.4, 0.5) is 5.13 Å². The van der Waals surface area contributed by atoms with Crippen LogP contribution in [0.1, 0.15) is 36.1 Å². The monoisotopic (exact) mass is 214 g/mol. The highest BCUT2D eigenvalue weighted by Crippen LogP contribution is 2.30. The fourth-order valence-electron chi connectivity index (χ4n) is 1.06. The molecule has 0 saturated heterocycles. The summed E-state index contributed by atoms with van der Waals surface area (Å²) >= 11 is 1.15. The van der Waals surface area contributed by atoms with Crippen molar-refractivity contribution in [3.05, 3.63) is 10.6 Å². The van der Waals surface area contributed by atoms with E-state index in [1.165, 1.54) is 0 Å². The maximum absolute atomic E-state index is 11.4. The minimum absolute atomic E-state index is 0.212. The Morgan fingerprint density at radius 2 is 2.07 bits per heavy atom. The molecule has 0 radical (unpaired) electrons. The fraction of sp³-hybridized carbons (Fsp3) is 0.500. The maximum atomic E-state index is 11.4. The van der Waals surface area contributed by atoms with Crippen LogP contribution in [0.3, 0.4) is 0 Å². The molecule has 0 spiro atoms. The van der Waals surface area contributed by atoms with Crippen molar-refractivity contribution in [2.24, 2.45) is 5.84 Å². The first-order valence-electron chi connectivity index (χ1n) is 4.14. The van der Waals surface area contributed by atoms with Gasteiger partial charge in [-0.25, -0.2) is 10.8 Å². The molecule has 0 unspecified atom stereocenters. The van der Waals surface area contributed by atoms with E-state index in [2.05, 4.69) is 10.4 Å². The second-order valence-electron chi connectivity index (χ2n) is 3.95. The lowest BCUT2D eigenvalue weighted by Crippen LogP contribution is -2.31. The van der Waals surface area contributed by atoms with Crippen LogP contribution in [-0.4, -0.2) is 10.9 Å². The van der Waals surface area contributed by atoms with E-state index in [1.807, 2.05) is 20.8 Å². The lowest BCUT2D eigenvalue weighted by atomic mass is 9.91. The van der Waals surface area contributed by atoms with Gasteiger partial charge in [0.15, 0.2) is 5.13 Å². The van der Waals surface area contributed by atoms with Crippen molar-refractivity contribution in [2.75, 3.05) is 5.73 Å². The zero-order chi connectivity index (χ0) is 10.9. The van der Waals surface area contributed by atoms with Crippen LogP contribution < -0.4 is 17.0 Å². The second-order valence-corrected chi connectivity index (χ2v) is 4.98.